The van der Waals surface area contributed by atoms with Crippen LogP contribution in [0.25, 0.3) is 0 Å². The van der Waals surface area contributed by atoms with Crippen molar-refractivity contribution in [3.63, 3.8) is 0 Å². The molecule has 2 aromatic carbocycles. The quantitative estimate of drug-likeness (QED) is 0.855. The van der Waals surface area contributed by atoms with Crippen LogP contribution in [0, 0.1) is 5.82 Å². The van der Waals surface area contributed by atoms with Crippen LogP contribution in [0.5, 0.6) is 5.75 Å². The first-order valence-corrected chi connectivity index (χ1v) is 8.56. The van der Waals surface area contributed by atoms with Crippen molar-refractivity contribution < 1.29 is 13.9 Å². The molecule has 0 aliphatic carbocycles. The van der Waals surface area contributed by atoms with Gasteiger partial charge >= 0.3 is 0 Å². The zero-order valence-electron chi connectivity index (χ0n) is 14.5. The molecule has 2 aromatic rings. The van der Waals surface area contributed by atoms with E-state index in [2.05, 4.69) is 11.0 Å². The molecule has 1 fully saturated rings. The number of nitrogens with zero attached hydrogens (tertiary/aromatic N) is 2. The van der Waals surface area contributed by atoms with Gasteiger partial charge in [0.15, 0.2) is 0 Å². The van der Waals surface area contributed by atoms with E-state index in [4.69, 9.17) is 4.74 Å². The van der Waals surface area contributed by atoms with Crippen molar-refractivity contribution in [2.45, 2.75) is 13.0 Å². The standard InChI is InChI=1S/C20H23FN2O2/c1-25-19-5-2-4-16(14-19)15-22-10-3-11-23(13-12-22)20(24)17-6-8-18(21)9-7-17/h2,4-9,14H,3,10-13,15H2,1H3. The van der Waals surface area contributed by atoms with Crippen molar-refractivity contribution in [3.8, 4) is 5.75 Å². The maximum atomic E-state index is 13.0. The molecule has 0 radical (unpaired) electrons. The van der Waals surface area contributed by atoms with E-state index in [1.165, 1.54) is 17.7 Å². The van der Waals surface area contributed by atoms with Gasteiger partial charge in [0.25, 0.3) is 5.91 Å². The second-order valence-electron chi connectivity index (χ2n) is 6.28. The molecule has 1 amide bonds. The molecular weight excluding hydrogens is 319 g/mol. The molecule has 3 rings (SSSR count). The number of hydrogen-bond acceptors (Lipinski definition) is 3. The molecule has 5 heteroatoms. The molecule has 1 saturated heterocycles. The van der Waals surface area contributed by atoms with Gasteiger partial charge in [-0.1, -0.05) is 12.1 Å². The van der Waals surface area contributed by atoms with Crippen LogP contribution in [0.2, 0.25) is 0 Å². The van der Waals surface area contributed by atoms with E-state index < -0.39 is 0 Å². The van der Waals surface area contributed by atoms with Crippen LogP contribution in [0.15, 0.2) is 48.5 Å². The van der Waals surface area contributed by atoms with Crippen LogP contribution in [-0.2, 0) is 6.54 Å². The van der Waals surface area contributed by atoms with Crippen LogP contribution in [0.4, 0.5) is 4.39 Å². The van der Waals surface area contributed by atoms with Gasteiger partial charge in [-0.2, -0.15) is 0 Å². The highest BCUT2D eigenvalue weighted by atomic mass is 19.1. The molecule has 132 valence electrons. The molecule has 0 aromatic heterocycles. The number of carbonyl (C=O) groups excluding carboxylic acids is 1. The SMILES string of the molecule is COc1cccc(CN2CCCN(C(=O)c3ccc(F)cc3)CC2)c1. The van der Waals surface area contributed by atoms with Crippen molar-refractivity contribution in [2.75, 3.05) is 33.3 Å². The lowest BCUT2D eigenvalue weighted by Crippen LogP contribution is -2.35. The lowest BCUT2D eigenvalue weighted by molar-refractivity contribution is 0.0761. The third-order valence-electron chi connectivity index (χ3n) is 4.51. The Balaban J connectivity index is 1.60. The molecule has 0 unspecified atom stereocenters. The molecule has 0 spiro atoms. The Labute approximate surface area is 147 Å². The summed E-state index contributed by atoms with van der Waals surface area (Å²) in [6.45, 7) is 4.02. The average molecular weight is 342 g/mol. The summed E-state index contributed by atoms with van der Waals surface area (Å²) in [4.78, 5) is 16.8. The number of hydrogen-bond donors (Lipinski definition) is 0. The number of rotatable bonds is 4. The fourth-order valence-electron chi connectivity index (χ4n) is 3.14. The number of methoxy groups -OCH3 is 1. The lowest BCUT2D eigenvalue weighted by Gasteiger charge is -2.22. The molecule has 4 nitrogen and oxygen atoms in total. The van der Waals surface area contributed by atoms with Gasteiger partial charge in [-0.3, -0.25) is 9.69 Å². The third kappa shape index (κ3) is 4.57. The molecule has 1 aliphatic heterocycles. The summed E-state index contributed by atoms with van der Waals surface area (Å²) in [5.41, 5.74) is 1.75. The van der Waals surface area contributed by atoms with Gasteiger partial charge in [-0.15, -0.1) is 0 Å². The van der Waals surface area contributed by atoms with Crippen LogP contribution >= 0.6 is 0 Å². The molecule has 1 aliphatic rings. The highest BCUT2D eigenvalue weighted by molar-refractivity contribution is 5.94. The maximum Gasteiger partial charge on any atom is 0.253 e. The van der Waals surface area contributed by atoms with Gasteiger partial charge < -0.3 is 9.64 Å². The van der Waals surface area contributed by atoms with Crippen LogP contribution in [0.3, 0.4) is 0 Å². The first kappa shape index (κ1) is 17.4. The molecule has 0 atom stereocenters. The summed E-state index contributed by atoms with van der Waals surface area (Å²) < 4.78 is 18.3. The number of ether oxygens (including phenoxy) is 1. The largest absolute Gasteiger partial charge is 0.497 e. The van der Waals surface area contributed by atoms with E-state index in [-0.39, 0.29) is 11.7 Å². The lowest BCUT2D eigenvalue weighted by atomic mass is 10.2. The van der Waals surface area contributed by atoms with E-state index in [1.54, 1.807) is 19.2 Å². The summed E-state index contributed by atoms with van der Waals surface area (Å²) in [6.07, 6.45) is 0.927. The topological polar surface area (TPSA) is 32.8 Å². The normalized spacial score (nSPS) is 15.7. The molecule has 0 bridgehead atoms. The third-order valence-corrected chi connectivity index (χ3v) is 4.51. The Morgan fingerprint density at radius 2 is 1.88 bits per heavy atom. The van der Waals surface area contributed by atoms with Crippen molar-refractivity contribution in [1.82, 2.24) is 9.80 Å². The second kappa shape index (κ2) is 8.12. The molecule has 0 saturated carbocycles. The van der Waals surface area contributed by atoms with E-state index in [0.29, 0.717) is 12.1 Å². The monoisotopic (exact) mass is 342 g/mol. The second-order valence-corrected chi connectivity index (χ2v) is 6.28. The van der Waals surface area contributed by atoms with E-state index in [0.717, 1.165) is 38.3 Å². The molecular formula is C20H23FN2O2. The van der Waals surface area contributed by atoms with Crippen LogP contribution in [0.1, 0.15) is 22.3 Å². The fraction of sp³-hybridized carbons (Fsp3) is 0.350. The summed E-state index contributed by atoms with van der Waals surface area (Å²) in [6, 6.07) is 13.8. The summed E-state index contributed by atoms with van der Waals surface area (Å²) in [5, 5.41) is 0. The first-order chi connectivity index (χ1) is 12.2. The number of amides is 1. The van der Waals surface area contributed by atoms with Gasteiger partial charge in [0.05, 0.1) is 7.11 Å². The molecule has 25 heavy (non-hydrogen) atoms. The van der Waals surface area contributed by atoms with Crippen molar-refractivity contribution in [1.29, 1.82) is 0 Å². The van der Waals surface area contributed by atoms with Crippen molar-refractivity contribution in [3.05, 3.63) is 65.5 Å². The Hall–Kier alpha value is -2.40. The average Bonchev–Trinajstić information content (AvgIpc) is 2.87. The van der Waals surface area contributed by atoms with Crippen molar-refractivity contribution in [2.24, 2.45) is 0 Å². The predicted octanol–water partition coefficient (Wildman–Crippen LogP) is 3.18. The highest BCUT2D eigenvalue weighted by Gasteiger charge is 2.20. The highest BCUT2D eigenvalue weighted by Crippen LogP contribution is 2.16. The summed E-state index contributed by atoms with van der Waals surface area (Å²) >= 11 is 0. The van der Waals surface area contributed by atoms with E-state index >= 15 is 0 Å². The number of halogens is 1. The van der Waals surface area contributed by atoms with Crippen LogP contribution < -0.4 is 4.74 Å². The van der Waals surface area contributed by atoms with Gasteiger partial charge in [0, 0.05) is 38.3 Å². The van der Waals surface area contributed by atoms with Crippen molar-refractivity contribution >= 4 is 5.91 Å². The van der Waals surface area contributed by atoms with E-state index in [9.17, 15) is 9.18 Å². The maximum absolute atomic E-state index is 13.0. The Kier molecular flexibility index (Phi) is 5.66. The Bertz CT molecular complexity index is 718. The summed E-state index contributed by atoms with van der Waals surface area (Å²) in [5.74, 6) is 0.514. The Morgan fingerprint density at radius 3 is 2.64 bits per heavy atom. The fourth-order valence-corrected chi connectivity index (χ4v) is 3.14. The smallest absolute Gasteiger partial charge is 0.253 e. The van der Waals surface area contributed by atoms with Gasteiger partial charge in [-0.25, -0.2) is 4.39 Å². The van der Waals surface area contributed by atoms with Gasteiger partial charge in [0.1, 0.15) is 11.6 Å². The summed E-state index contributed by atoms with van der Waals surface area (Å²) in [7, 11) is 1.67. The zero-order chi connectivity index (χ0) is 17.6. The van der Waals surface area contributed by atoms with E-state index in [1.807, 2.05) is 23.1 Å². The zero-order valence-corrected chi connectivity index (χ0v) is 14.5. The number of benzene rings is 2. The van der Waals surface area contributed by atoms with Crippen LogP contribution in [-0.4, -0.2) is 49.0 Å². The number of carbonyl (C=O) groups is 1. The Morgan fingerprint density at radius 1 is 1.08 bits per heavy atom. The minimum atomic E-state index is -0.322. The molecule has 1 heterocycles. The molecule has 0 N–H and O–H groups in total. The first-order valence-electron chi connectivity index (χ1n) is 8.56. The van der Waals surface area contributed by atoms with Gasteiger partial charge in [-0.05, 0) is 48.4 Å². The minimum absolute atomic E-state index is 0.0248. The predicted molar refractivity (Wildman–Crippen MR) is 95.2 cm³/mol. The minimum Gasteiger partial charge on any atom is -0.497 e. The van der Waals surface area contributed by atoms with Gasteiger partial charge in [0.2, 0.25) is 0 Å².